The molecule has 3 rings (SSSR count). The second-order valence-corrected chi connectivity index (χ2v) is 6.37. The number of aliphatic hydroxyl groups excluding tert-OH is 1. The highest BCUT2D eigenvalue weighted by molar-refractivity contribution is 6.10. The summed E-state index contributed by atoms with van der Waals surface area (Å²) in [4.78, 5) is 28.2. The number of nitrogens with zero attached hydrogens (tertiary/aromatic N) is 2. The molecular formula is C18H22N2O3. The summed E-state index contributed by atoms with van der Waals surface area (Å²) in [7, 11) is 0. The van der Waals surface area contributed by atoms with E-state index in [0.29, 0.717) is 24.4 Å². The molecule has 2 aliphatic rings. The molecule has 1 N–H and O–H groups in total. The van der Waals surface area contributed by atoms with Crippen LogP contribution in [0.25, 0.3) is 5.70 Å². The third kappa shape index (κ3) is 2.88. The minimum atomic E-state index is -0.418. The fourth-order valence-corrected chi connectivity index (χ4v) is 3.37. The van der Waals surface area contributed by atoms with E-state index in [1.807, 2.05) is 18.2 Å². The molecule has 2 heterocycles. The molecule has 1 fully saturated rings. The van der Waals surface area contributed by atoms with Crippen LogP contribution in [0.4, 0.5) is 0 Å². The quantitative estimate of drug-likeness (QED) is 0.924. The molecule has 0 spiro atoms. The van der Waals surface area contributed by atoms with Gasteiger partial charge in [0.05, 0.1) is 6.10 Å². The lowest BCUT2D eigenvalue weighted by Crippen LogP contribution is -2.46. The van der Waals surface area contributed by atoms with Gasteiger partial charge in [-0.3, -0.25) is 14.5 Å². The van der Waals surface area contributed by atoms with Gasteiger partial charge in [-0.25, -0.2) is 0 Å². The predicted octanol–water partition coefficient (Wildman–Crippen LogP) is 1.73. The molecule has 5 nitrogen and oxygen atoms in total. The summed E-state index contributed by atoms with van der Waals surface area (Å²) in [6.45, 7) is 6.98. The smallest absolute Gasteiger partial charge is 0.259 e. The van der Waals surface area contributed by atoms with E-state index in [0.717, 1.165) is 18.4 Å². The Hall–Kier alpha value is -2.14. The zero-order valence-electron chi connectivity index (χ0n) is 13.4. The second kappa shape index (κ2) is 6.16. The van der Waals surface area contributed by atoms with Gasteiger partial charge in [-0.2, -0.15) is 0 Å². The van der Waals surface area contributed by atoms with E-state index in [4.69, 9.17) is 0 Å². The number of likely N-dealkylation sites (tertiary alicyclic amines) is 1. The predicted molar refractivity (Wildman–Crippen MR) is 87.5 cm³/mol. The number of hydrogen-bond acceptors (Lipinski definition) is 3. The molecule has 0 saturated carbocycles. The van der Waals surface area contributed by atoms with Crippen molar-refractivity contribution in [3.63, 3.8) is 0 Å². The fraction of sp³-hybridized carbons (Fsp3) is 0.444. The van der Waals surface area contributed by atoms with E-state index in [9.17, 15) is 14.7 Å². The Morgan fingerprint density at radius 3 is 2.74 bits per heavy atom. The van der Waals surface area contributed by atoms with E-state index < -0.39 is 6.10 Å². The molecule has 0 radical (unpaired) electrons. The highest BCUT2D eigenvalue weighted by Gasteiger charge is 2.34. The molecule has 1 aromatic rings. The van der Waals surface area contributed by atoms with Crippen molar-refractivity contribution in [2.75, 3.05) is 19.6 Å². The molecular weight excluding hydrogens is 292 g/mol. The monoisotopic (exact) mass is 314 g/mol. The molecule has 23 heavy (non-hydrogen) atoms. The number of piperidine rings is 1. The maximum atomic E-state index is 12.6. The van der Waals surface area contributed by atoms with Crippen molar-refractivity contribution in [1.82, 2.24) is 9.80 Å². The van der Waals surface area contributed by atoms with Crippen LogP contribution in [0.1, 0.15) is 35.7 Å². The van der Waals surface area contributed by atoms with Gasteiger partial charge in [0, 0.05) is 35.8 Å². The second-order valence-electron chi connectivity index (χ2n) is 6.37. The van der Waals surface area contributed by atoms with Gasteiger partial charge < -0.3 is 10.0 Å². The van der Waals surface area contributed by atoms with Gasteiger partial charge in [-0.05, 0) is 25.8 Å². The molecule has 1 saturated heterocycles. The minimum Gasteiger partial charge on any atom is -0.393 e. The van der Waals surface area contributed by atoms with Crippen LogP contribution >= 0.6 is 0 Å². The standard InChI is InChI=1S/C18H22N2O3/c1-12-15-7-3-4-8-16(15)18(23)20(12)11-17(22)19-9-5-6-14(10-19)13(2)21/h3-4,7-8,13-14,21H,1,5-6,9-11H2,2H3. The van der Waals surface area contributed by atoms with Gasteiger partial charge in [0.1, 0.15) is 6.54 Å². The minimum absolute atomic E-state index is 0.0128. The Bertz CT molecular complexity index is 618. The lowest BCUT2D eigenvalue weighted by atomic mass is 9.93. The maximum absolute atomic E-state index is 12.6. The van der Waals surface area contributed by atoms with Crippen molar-refractivity contribution in [2.24, 2.45) is 5.92 Å². The lowest BCUT2D eigenvalue weighted by molar-refractivity contribution is -0.133. The summed E-state index contributed by atoms with van der Waals surface area (Å²) in [6.07, 6.45) is 1.40. The topological polar surface area (TPSA) is 60.9 Å². The summed E-state index contributed by atoms with van der Waals surface area (Å²) in [5, 5.41) is 9.75. The average Bonchev–Trinajstić information content (AvgIpc) is 2.80. The average molecular weight is 314 g/mol. The Morgan fingerprint density at radius 2 is 2.09 bits per heavy atom. The highest BCUT2D eigenvalue weighted by Crippen LogP contribution is 2.31. The third-order valence-electron chi connectivity index (χ3n) is 4.83. The Labute approximate surface area is 136 Å². The van der Waals surface area contributed by atoms with Gasteiger partial charge in [0.25, 0.3) is 5.91 Å². The molecule has 0 aromatic heterocycles. The first kappa shape index (κ1) is 15.7. The number of fused-ring (bicyclic) bond motifs is 1. The molecule has 0 aliphatic carbocycles. The van der Waals surface area contributed by atoms with Crippen LogP contribution in [0.5, 0.6) is 0 Å². The van der Waals surface area contributed by atoms with Crippen LogP contribution in [0.15, 0.2) is 30.8 Å². The summed E-state index contributed by atoms with van der Waals surface area (Å²) >= 11 is 0. The number of carbonyl (C=O) groups excluding carboxylic acids is 2. The molecule has 2 aliphatic heterocycles. The molecule has 2 unspecified atom stereocenters. The summed E-state index contributed by atoms with van der Waals surface area (Å²) in [6, 6.07) is 7.29. The van der Waals surface area contributed by atoms with Crippen molar-refractivity contribution in [3.05, 3.63) is 42.0 Å². The summed E-state index contributed by atoms with van der Waals surface area (Å²) in [5.74, 6) is -0.136. The zero-order valence-corrected chi connectivity index (χ0v) is 13.4. The molecule has 122 valence electrons. The zero-order chi connectivity index (χ0) is 16.6. The largest absolute Gasteiger partial charge is 0.393 e. The lowest BCUT2D eigenvalue weighted by Gasteiger charge is -2.35. The van der Waals surface area contributed by atoms with E-state index in [1.165, 1.54) is 4.90 Å². The Kier molecular flexibility index (Phi) is 4.22. The van der Waals surface area contributed by atoms with Crippen LogP contribution in [0.2, 0.25) is 0 Å². The normalized spacial score (nSPS) is 22.3. The first-order chi connectivity index (χ1) is 11.0. The number of hydrogen-bond donors (Lipinski definition) is 1. The first-order valence-corrected chi connectivity index (χ1v) is 8.05. The Morgan fingerprint density at radius 1 is 1.39 bits per heavy atom. The van der Waals surface area contributed by atoms with E-state index in [-0.39, 0.29) is 24.3 Å². The molecule has 2 amide bonds. The maximum Gasteiger partial charge on any atom is 0.259 e. The van der Waals surface area contributed by atoms with Crippen LogP contribution in [-0.2, 0) is 4.79 Å². The Balaban J connectivity index is 1.69. The van der Waals surface area contributed by atoms with E-state index >= 15 is 0 Å². The number of aliphatic hydroxyl groups is 1. The van der Waals surface area contributed by atoms with Gasteiger partial charge in [-0.1, -0.05) is 24.8 Å². The molecule has 2 atom stereocenters. The van der Waals surface area contributed by atoms with E-state index in [2.05, 4.69) is 6.58 Å². The summed E-state index contributed by atoms with van der Waals surface area (Å²) in [5.41, 5.74) is 1.99. The van der Waals surface area contributed by atoms with Crippen LogP contribution < -0.4 is 0 Å². The molecule has 0 bridgehead atoms. The number of rotatable bonds is 3. The number of benzene rings is 1. The van der Waals surface area contributed by atoms with Crippen LogP contribution in [0.3, 0.4) is 0 Å². The van der Waals surface area contributed by atoms with Crippen LogP contribution in [0, 0.1) is 5.92 Å². The number of carbonyl (C=O) groups is 2. The molecule has 5 heteroatoms. The van der Waals surface area contributed by atoms with E-state index in [1.54, 1.807) is 17.9 Å². The highest BCUT2D eigenvalue weighted by atomic mass is 16.3. The number of amides is 2. The van der Waals surface area contributed by atoms with Crippen molar-refractivity contribution < 1.29 is 14.7 Å². The van der Waals surface area contributed by atoms with Crippen molar-refractivity contribution >= 4 is 17.5 Å². The van der Waals surface area contributed by atoms with Crippen molar-refractivity contribution in [2.45, 2.75) is 25.9 Å². The van der Waals surface area contributed by atoms with Gasteiger partial charge >= 0.3 is 0 Å². The van der Waals surface area contributed by atoms with Crippen molar-refractivity contribution in [3.8, 4) is 0 Å². The molecule has 1 aromatic carbocycles. The van der Waals surface area contributed by atoms with Gasteiger partial charge in [-0.15, -0.1) is 0 Å². The first-order valence-electron chi connectivity index (χ1n) is 8.05. The SMILES string of the molecule is C=C1c2ccccc2C(=O)N1CC(=O)N1CCCC(C(C)O)C1. The summed E-state index contributed by atoms with van der Waals surface area (Å²) < 4.78 is 0. The third-order valence-corrected chi connectivity index (χ3v) is 4.83. The van der Waals surface area contributed by atoms with Crippen LogP contribution in [-0.4, -0.2) is 52.5 Å². The van der Waals surface area contributed by atoms with Gasteiger partial charge in [0.15, 0.2) is 0 Å². The van der Waals surface area contributed by atoms with Gasteiger partial charge in [0.2, 0.25) is 5.91 Å². The van der Waals surface area contributed by atoms with Crippen molar-refractivity contribution in [1.29, 1.82) is 0 Å². The fourth-order valence-electron chi connectivity index (χ4n) is 3.37.